The van der Waals surface area contributed by atoms with Gasteiger partial charge >= 0.3 is 0 Å². The number of hydrogen-bond acceptors (Lipinski definition) is 4. The highest BCUT2D eigenvalue weighted by Crippen LogP contribution is 2.33. The van der Waals surface area contributed by atoms with Gasteiger partial charge in [-0.1, -0.05) is 42.1 Å². The van der Waals surface area contributed by atoms with E-state index in [1.54, 1.807) is 11.8 Å². The summed E-state index contributed by atoms with van der Waals surface area (Å²) in [5.41, 5.74) is 1.59. The van der Waals surface area contributed by atoms with E-state index in [-0.39, 0.29) is 5.91 Å². The molecule has 0 unspecified atom stereocenters. The van der Waals surface area contributed by atoms with E-state index in [0.29, 0.717) is 4.88 Å². The first-order valence-corrected chi connectivity index (χ1v) is 8.84. The van der Waals surface area contributed by atoms with Gasteiger partial charge in [0.1, 0.15) is 4.88 Å². The van der Waals surface area contributed by atoms with Crippen LogP contribution in [0, 0.1) is 13.8 Å². The normalized spacial score (nSPS) is 10.5. The average Bonchev–Trinajstić information content (AvgIpc) is 2.89. The first-order chi connectivity index (χ1) is 11.1. The molecule has 0 aliphatic rings. The van der Waals surface area contributed by atoms with Crippen molar-refractivity contribution in [2.24, 2.45) is 0 Å². The molecule has 3 aromatic rings. The van der Waals surface area contributed by atoms with Crippen LogP contribution in [0.1, 0.15) is 20.4 Å². The predicted molar refractivity (Wildman–Crippen MR) is 96.5 cm³/mol. The summed E-state index contributed by atoms with van der Waals surface area (Å²) in [4.78, 5) is 19.6. The third-order valence-electron chi connectivity index (χ3n) is 3.22. The molecule has 0 spiro atoms. The molecule has 0 saturated carbocycles. The van der Waals surface area contributed by atoms with Crippen molar-refractivity contribution in [1.29, 1.82) is 0 Å². The maximum atomic E-state index is 12.5. The number of carbonyl (C=O) groups is 1. The molecule has 1 aromatic heterocycles. The van der Waals surface area contributed by atoms with Crippen molar-refractivity contribution >= 4 is 34.7 Å². The second-order valence-electron chi connectivity index (χ2n) is 5.01. The number of nitrogens with one attached hydrogen (secondary N) is 1. The van der Waals surface area contributed by atoms with Crippen molar-refractivity contribution in [2.45, 2.75) is 23.6 Å². The Labute approximate surface area is 143 Å². The molecule has 3 nitrogen and oxygen atoms in total. The second-order valence-corrected chi connectivity index (χ2v) is 7.33. The summed E-state index contributed by atoms with van der Waals surface area (Å²) in [5.74, 6) is -0.103. The molecule has 116 valence electrons. The molecule has 1 N–H and O–H groups in total. The number of amides is 1. The number of para-hydroxylation sites is 1. The molecule has 0 radical (unpaired) electrons. The van der Waals surface area contributed by atoms with Crippen LogP contribution in [-0.2, 0) is 0 Å². The Bertz CT molecular complexity index is 828. The summed E-state index contributed by atoms with van der Waals surface area (Å²) in [6.07, 6.45) is 0. The fourth-order valence-corrected chi connectivity index (χ4v) is 3.93. The molecule has 0 aliphatic heterocycles. The topological polar surface area (TPSA) is 42.0 Å². The van der Waals surface area contributed by atoms with Crippen molar-refractivity contribution in [2.75, 3.05) is 5.32 Å². The minimum absolute atomic E-state index is 0.103. The van der Waals surface area contributed by atoms with Gasteiger partial charge in [0.25, 0.3) is 5.91 Å². The van der Waals surface area contributed by atoms with E-state index in [2.05, 4.69) is 22.4 Å². The molecule has 1 heterocycles. The molecule has 0 fully saturated rings. The third kappa shape index (κ3) is 3.81. The number of rotatable bonds is 4. The lowest BCUT2D eigenvalue weighted by Gasteiger charge is -2.10. The van der Waals surface area contributed by atoms with E-state index in [0.717, 1.165) is 26.2 Å². The van der Waals surface area contributed by atoms with Gasteiger partial charge in [0.15, 0.2) is 0 Å². The van der Waals surface area contributed by atoms with Gasteiger partial charge < -0.3 is 5.32 Å². The van der Waals surface area contributed by atoms with Crippen LogP contribution in [0.4, 0.5) is 5.69 Å². The number of hydrogen-bond donors (Lipinski definition) is 1. The monoisotopic (exact) mass is 340 g/mol. The summed E-state index contributed by atoms with van der Waals surface area (Å²) in [6, 6.07) is 18.0. The zero-order chi connectivity index (χ0) is 16.2. The van der Waals surface area contributed by atoms with Gasteiger partial charge in [-0.05, 0) is 38.1 Å². The van der Waals surface area contributed by atoms with Gasteiger partial charge in [-0.15, -0.1) is 11.3 Å². The first kappa shape index (κ1) is 15.8. The van der Waals surface area contributed by atoms with Crippen LogP contribution in [0.15, 0.2) is 64.4 Å². The number of aryl methyl sites for hydroxylation is 2. The molecule has 0 saturated heterocycles. The Balaban J connectivity index is 1.83. The minimum atomic E-state index is -0.103. The van der Waals surface area contributed by atoms with Crippen molar-refractivity contribution in [1.82, 2.24) is 4.98 Å². The Hall–Kier alpha value is -2.11. The zero-order valence-electron chi connectivity index (χ0n) is 12.9. The third-order valence-corrected chi connectivity index (χ3v) is 5.37. The lowest BCUT2D eigenvalue weighted by molar-refractivity contribution is 0.102. The Morgan fingerprint density at radius 2 is 1.74 bits per heavy atom. The molecule has 0 aliphatic carbocycles. The zero-order valence-corrected chi connectivity index (χ0v) is 14.5. The quantitative estimate of drug-likeness (QED) is 0.713. The molecule has 3 rings (SSSR count). The second kappa shape index (κ2) is 6.98. The summed E-state index contributed by atoms with van der Waals surface area (Å²) >= 11 is 3.06. The molecular formula is C18H16N2OS2. The Morgan fingerprint density at radius 1 is 1.04 bits per heavy atom. The van der Waals surface area contributed by atoms with Crippen LogP contribution in [0.25, 0.3) is 0 Å². The summed E-state index contributed by atoms with van der Waals surface area (Å²) < 4.78 is 0. The molecule has 23 heavy (non-hydrogen) atoms. The Kier molecular flexibility index (Phi) is 4.79. The highest BCUT2D eigenvalue weighted by molar-refractivity contribution is 7.99. The fraction of sp³-hybridized carbons (Fsp3) is 0.111. The van der Waals surface area contributed by atoms with Crippen molar-refractivity contribution in [3.05, 3.63) is 70.2 Å². The van der Waals surface area contributed by atoms with Crippen LogP contribution in [0.5, 0.6) is 0 Å². The van der Waals surface area contributed by atoms with Gasteiger partial charge in [-0.25, -0.2) is 4.98 Å². The van der Waals surface area contributed by atoms with Gasteiger partial charge in [-0.3, -0.25) is 4.79 Å². The Morgan fingerprint density at radius 3 is 2.43 bits per heavy atom. The highest BCUT2D eigenvalue weighted by atomic mass is 32.2. The van der Waals surface area contributed by atoms with Crippen LogP contribution in [0.2, 0.25) is 0 Å². The minimum Gasteiger partial charge on any atom is -0.320 e. The van der Waals surface area contributed by atoms with Crippen LogP contribution in [0.3, 0.4) is 0 Å². The number of thiazole rings is 1. The number of anilines is 1. The number of nitrogens with zero attached hydrogens (tertiary/aromatic N) is 1. The van der Waals surface area contributed by atoms with E-state index in [1.807, 2.05) is 56.3 Å². The van der Waals surface area contributed by atoms with Crippen molar-refractivity contribution in [3.8, 4) is 0 Å². The lowest BCUT2D eigenvalue weighted by Crippen LogP contribution is -2.12. The fourth-order valence-electron chi connectivity index (χ4n) is 2.20. The predicted octanol–water partition coefficient (Wildman–Crippen LogP) is 5.16. The molecular weight excluding hydrogens is 324 g/mol. The molecule has 1 amide bonds. The van der Waals surface area contributed by atoms with Gasteiger partial charge in [0, 0.05) is 9.79 Å². The smallest absolute Gasteiger partial charge is 0.267 e. The maximum absolute atomic E-state index is 12.5. The first-order valence-electron chi connectivity index (χ1n) is 7.21. The lowest BCUT2D eigenvalue weighted by atomic mass is 10.3. The average molecular weight is 340 g/mol. The van der Waals surface area contributed by atoms with Gasteiger partial charge in [-0.2, -0.15) is 0 Å². The van der Waals surface area contributed by atoms with E-state index in [9.17, 15) is 4.79 Å². The van der Waals surface area contributed by atoms with E-state index in [4.69, 9.17) is 0 Å². The summed E-state index contributed by atoms with van der Waals surface area (Å²) in [6.45, 7) is 3.77. The van der Waals surface area contributed by atoms with Crippen LogP contribution < -0.4 is 5.32 Å². The molecule has 2 aromatic carbocycles. The molecule has 0 atom stereocenters. The number of carbonyl (C=O) groups excluding carboxylic acids is 1. The molecule has 0 bridgehead atoms. The van der Waals surface area contributed by atoms with Crippen LogP contribution in [-0.4, -0.2) is 10.9 Å². The van der Waals surface area contributed by atoms with Crippen LogP contribution >= 0.6 is 23.1 Å². The van der Waals surface area contributed by atoms with E-state index in [1.165, 1.54) is 11.3 Å². The van der Waals surface area contributed by atoms with E-state index < -0.39 is 0 Å². The van der Waals surface area contributed by atoms with Crippen molar-refractivity contribution < 1.29 is 4.79 Å². The highest BCUT2D eigenvalue weighted by Gasteiger charge is 2.15. The largest absolute Gasteiger partial charge is 0.320 e. The SMILES string of the molecule is Cc1nc(C)c(C(=O)Nc2ccccc2Sc2ccccc2)s1. The summed E-state index contributed by atoms with van der Waals surface area (Å²) in [7, 11) is 0. The standard InChI is InChI=1S/C18H16N2OS2/c1-12-17(22-13(2)19-12)18(21)20-15-10-6-7-11-16(15)23-14-8-4-3-5-9-14/h3-11H,1-2H3,(H,20,21). The van der Waals surface area contributed by atoms with E-state index >= 15 is 0 Å². The van der Waals surface area contributed by atoms with Crippen molar-refractivity contribution in [3.63, 3.8) is 0 Å². The summed E-state index contributed by atoms with van der Waals surface area (Å²) in [5, 5.41) is 3.91. The number of aromatic nitrogens is 1. The number of benzene rings is 2. The van der Waals surface area contributed by atoms with Gasteiger partial charge in [0.05, 0.1) is 16.4 Å². The molecule has 5 heteroatoms. The van der Waals surface area contributed by atoms with Gasteiger partial charge in [0.2, 0.25) is 0 Å². The maximum Gasteiger partial charge on any atom is 0.267 e.